The second kappa shape index (κ2) is 7.07. The predicted octanol–water partition coefficient (Wildman–Crippen LogP) is 4.40. The average Bonchev–Trinajstić information content (AvgIpc) is 3.06. The van der Waals surface area contributed by atoms with Crippen LogP contribution in [-0.2, 0) is 0 Å². The second-order valence-electron chi connectivity index (χ2n) is 7.50. The number of alkyl halides is 3. The first-order valence-corrected chi connectivity index (χ1v) is 9.28. The second-order valence-corrected chi connectivity index (χ2v) is 7.50. The van der Waals surface area contributed by atoms with Gasteiger partial charge in [-0.3, -0.25) is 4.98 Å². The number of hydrogen-bond donors (Lipinski definition) is 2. The fourth-order valence-corrected chi connectivity index (χ4v) is 3.80. The van der Waals surface area contributed by atoms with Crippen molar-refractivity contribution >= 4 is 17.3 Å². The van der Waals surface area contributed by atoms with Gasteiger partial charge in [0.15, 0.2) is 5.88 Å². The molecule has 1 aliphatic carbocycles. The summed E-state index contributed by atoms with van der Waals surface area (Å²) in [6.07, 6.45) is 2.24. The van der Waals surface area contributed by atoms with Crippen molar-refractivity contribution in [1.29, 1.82) is 0 Å². The first-order valence-electron chi connectivity index (χ1n) is 9.28. The standard InChI is InChI=1S/C19H23F3N4O/c20-19(21,22)13-7-14(23)11-26(10-13)17-8-15(12-3-1-4-12)24-9-16(17)25-18-5-2-6-27-18/h2,5-6,8-9,12-14,25H,1,3-4,7,10-11,23H2. The van der Waals surface area contributed by atoms with E-state index in [9.17, 15) is 13.2 Å². The molecule has 1 aliphatic heterocycles. The molecule has 5 nitrogen and oxygen atoms in total. The number of nitrogens with one attached hydrogen (secondary N) is 1. The zero-order valence-electron chi connectivity index (χ0n) is 14.9. The molecule has 146 valence electrons. The molecule has 4 rings (SSSR count). The minimum Gasteiger partial charge on any atom is -0.449 e. The molecule has 0 spiro atoms. The summed E-state index contributed by atoms with van der Waals surface area (Å²) in [5.74, 6) is -0.528. The maximum Gasteiger partial charge on any atom is 0.393 e. The monoisotopic (exact) mass is 380 g/mol. The lowest BCUT2D eigenvalue weighted by atomic mass is 9.82. The van der Waals surface area contributed by atoms with Gasteiger partial charge in [0.05, 0.1) is 29.8 Å². The van der Waals surface area contributed by atoms with Crippen LogP contribution in [0.1, 0.15) is 37.3 Å². The van der Waals surface area contributed by atoms with Crippen molar-refractivity contribution in [1.82, 2.24) is 4.98 Å². The van der Waals surface area contributed by atoms with Gasteiger partial charge in [0, 0.05) is 36.8 Å². The Hall–Kier alpha value is -2.22. The predicted molar refractivity (Wildman–Crippen MR) is 97.2 cm³/mol. The van der Waals surface area contributed by atoms with Gasteiger partial charge in [-0.05, 0) is 31.4 Å². The van der Waals surface area contributed by atoms with Crippen molar-refractivity contribution in [3.8, 4) is 0 Å². The number of anilines is 3. The highest BCUT2D eigenvalue weighted by Crippen LogP contribution is 2.41. The third kappa shape index (κ3) is 3.90. The number of piperidine rings is 1. The normalized spacial score (nSPS) is 23.9. The van der Waals surface area contributed by atoms with E-state index in [-0.39, 0.29) is 13.0 Å². The molecule has 0 aromatic carbocycles. The maximum absolute atomic E-state index is 13.4. The molecule has 0 radical (unpaired) electrons. The minimum atomic E-state index is -4.26. The topological polar surface area (TPSA) is 67.3 Å². The van der Waals surface area contributed by atoms with Gasteiger partial charge in [0.25, 0.3) is 0 Å². The summed E-state index contributed by atoms with van der Waals surface area (Å²) in [4.78, 5) is 6.28. The van der Waals surface area contributed by atoms with Crippen LogP contribution < -0.4 is 16.0 Å². The van der Waals surface area contributed by atoms with Crippen LogP contribution in [0.4, 0.5) is 30.4 Å². The first-order chi connectivity index (χ1) is 12.9. The zero-order chi connectivity index (χ0) is 19.0. The Morgan fingerprint density at radius 2 is 2.07 bits per heavy atom. The van der Waals surface area contributed by atoms with E-state index in [2.05, 4.69) is 10.3 Å². The highest BCUT2D eigenvalue weighted by Gasteiger charge is 2.44. The van der Waals surface area contributed by atoms with Gasteiger partial charge in [0.2, 0.25) is 0 Å². The van der Waals surface area contributed by atoms with Crippen LogP contribution in [0.25, 0.3) is 0 Å². The van der Waals surface area contributed by atoms with E-state index >= 15 is 0 Å². The van der Waals surface area contributed by atoms with E-state index < -0.39 is 18.1 Å². The van der Waals surface area contributed by atoms with E-state index in [1.807, 2.05) is 6.07 Å². The number of furan rings is 1. The van der Waals surface area contributed by atoms with Crippen molar-refractivity contribution in [2.45, 2.75) is 43.8 Å². The highest BCUT2D eigenvalue weighted by atomic mass is 19.4. The van der Waals surface area contributed by atoms with Gasteiger partial charge in [-0.1, -0.05) is 6.42 Å². The third-order valence-corrected chi connectivity index (χ3v) is 5.49. The Labute approximate surface area is 155 Å². The van der Waals surface area contributed by atoms with E-state index in [1.54, 1.807) is 23.2 Å². The number of rotatable bonds is 4. The third-order valence-electron chi connectivity index (χ3n) is 5.49. The number of hydrogen-bond acceptors (Lipinski definition) is 5. The molecule has 3 heterocycles. The summed E-state index contributed by atoms with van der Waals surface area (Å²) in [6, 6.07) is 4.89. The molecule has 3 N–H and O–H groups in total. The van der Waals surface area contributed by atoms with Gasteiger partial charge in [0.1, 0.15) is 0 Å². The molecule has 1 saturated carbocycles. The van der Waals surface area contributed by atoms with E-state index in [1.165, 1.54) is 12.7 Å². The van der Waals surface area contributed by atoms with Crippen LogP contribution in [0, 0.1) is 5.92 Å². The molecule has 27 heavy (non-hydrogen) atoms. The lowest BCUT2D eigenvalue weighted by molar-refractivity contribution is -0.177. The van der Waals surface area contributed by atoms with Crippen LogP contribution in [0.15, 0.2) is 35.1 Å². The van der Waals surface area contributed by atoms with Gasteiger partial charge in [-0.25, -0.2) is 0 Å². The summed E-state index contributed by atoms with van der Waals surface area (Å²) in [5.41, 5.74) is 8.24. The molecule has 2 aromatic rings. The summed E-state index contributed by atoms with van der Waals surface area (Å²) in [5, 5.41) is 3.13. The Kier molecular flexibility index (Phi) is 4.75. The maximum atomic E-state index is 13.4. The summed E-state index contributed by atoms with van der Waals surface area (Å²) in [7, 11) is 0. The van der Waals surface area contributed by atoms with E-state index in [0.717, 1.165) is 18.5 Å². The fourth-order valence-electron chi connectivity index (χ4n) is 3.80. The summed E-state index contributed by atoms with van der Waals surface area (Å²) < 4.78 is 45.4. The number of nitrogens with two attached hydrogens (primary N) is 1. The molecule has 0 bridgehead atoms. The van der Waals surface area contributed by atoms with Crippen LogP contribution in [-0.4, -0.2) is 30.3 Å². The van der Waals surface area contributed by atoms with Gasteiger partial charge >= 0.3 is 6.18 Å². The summed E-state index contributed by atoms with van der Waals surface area (Å²) >= 11 is 0. The molecular weight excluding hydrogens is 357 g/mol. The molecule has 2 unspecified atom stereocenters. The van der Waals surface area contributed by atoms with Crippen molar-refractivity contribution in [3.63, 3.8) is 0 Å². The quantitative estimate of drug-likeness (QED) is 0.823. The van der Waals surface area contributed by atoms with Crippen molar-refractivity contribution in [2.24, 2.45) is 11.7 Å². The number of halogens is 3. The average molecular weight is 380 g/mol. The van der Waals surface area contributed by atoms with Gasteiger partial charge in [-0.2, -0.15) is 13.2 Å². The molecule has 2 fully saturated rings. The molecule has 2 aromatic heterocycles. The summed E-state index contributed by atoms with van der Waals surface area (Å²) in [6.45, 7) is 0.283. The largest absolute Gasteiger partial charge is 0.449 e. The Balaban J connectivity index is 1.67. The van der Waals surface area contributed by atoms with Crippen molar-refractivity contribution in [2.75, 3.05) is 23.3 Å². The smallest absolute Gasteiger partial charge is 0.393 e. The van der Waals surface area contributed by atoms with Gasteiger partial charge < -0.3 is 20.4 Å². The minimum absolute atomic E-state index is 0.0402. The van der Waals surface area contributed by atoms with Gasteiger partial charge in [-0.15, -0.1) is 0 Å². The number of pyridine rings is 1. The van der Waals surface area contributed by atoms with Crippen molar-refractivity contribution in [3.05, 3.63) is 36.4 Å². The van der Waals surface area contributed by atoms with Crippen LogP contribution in [0.5, 0.6) is 0 Å². The lowest BCUT2D eigenvalue weighted by Crippen LogP contribution is -2.51. The van der Waals surface area contributed by atoms with E-state index in [0.29, 0.717) is 29.7 Å². The molecular formula is C19H23F3N4O. The fraction of sp³-hybridized carbons (Fsp3) is 0.526. The molecule has 2 atom stereocenters. The molecule has 1 saturated heterocycles. The first kappa shape index (κ1) is 18.2. The SMILES string of the molecule is NC1CC(C(F)(F)F)CN(c2cc(C3CCC3)ncc2Nc2ccco2)C1. The number of nitrogens with zero attached hydrogens (tertiary/aromatic N) is 2. The molecule has 0 amide bonds. The van der Waals surface area contributed by atoms with E-state index in [4.69, 9.17) is 10.2 Å². The Morgan fingerprint density at radius 1 is 1.26 bits per heavy atom. The van der Waals surface area contributed by atoms with Crippen LogP contribution in [0.3, 0.4) is 0 Å². The lowest BCUT2D eigenvalue weighted by Gasteiger charge is -2.39. The molecule has 8 heteroatoms. The zero-order valence-corrected chi connectivity index (χ0v) is 14.9. The molecule has 2 aliphatic rings. The van der Waals surface area contributed by atoms with Crippen LogP contribution in [0.2, 0.25) is 0 Å². The Morgan fingerprint density at radius 3 is 2.70 bits per heavy atom. The highest BCUT2D eigenvalue weighted by molar-refractivity contribution is 5.74. The van der Waals surface area contributed by atoms with Crippen LogP contribution >= 0.6 is 0 Å². The van der Waals surface area contributed by atoms with Crippen molar-refractivity contribution < 1.29 is 17.6 Å². The Bertz CT molecular complexity index is 774. The number of aromatic nitrogens is 1.